The van der Waals surface area contributed by atoms with E-state index in [1.807, 2.05) is 0 Å². The molecule has 3 rings (SSSR count). The summed E-state index contributed by atoms with van der Waals surface area (Å²) in [5, 5.41) is 6.65. The minimum Gasteiger partial charge on any atom is -0.338 e. The number of amides is 1. The normalized spacial score (nSPS) is 37.9. The Kier molecular flexibility index (Phi) is 3.34. The van der Waals surface area contributed by atoms with Gasteiger partial charge in [-0.1, -0.05) is 6.42 Å². The van der Waals surface area contributed by atoms with Crippen molar-refractivity contribution < 1.29 is 4.79 Å². The van der Waals surface area contributed by atoms with Gasteiger partial charge in [0.25, 0.3) is 0 Å². The molecule has 2 aliphatic heterocycles. The number of nitrogens with one attached hydrogen (secondary N) is 2. The highest BCUT2D eigenvalue weighted by molar-refractivity contribution is 5.82. The summed E-state index contributed by atoms with van der Waals surface area (Å²) >= 11 is 0. The second kappa shape index (κ2) is 4.94. The molecule has 4 nitrogen and oxygen atoms in total. The summed E-state index contributed by atoms with van der Waals surface area (Å²) in [5.41, 5.74) is 0. The van der Waals surface area contributed by atoms with Crippen molar-refractivity contribution in [2.75, 3.05) is 26.2 Å². The number of carbonyl (C=O) groups is 1. The zero-order valence-corrected chi connectivity index (χ0v) is 10.5. The van der Waals surface area contributed by atoms with Gasteiger partial charge in [-0.15, -0.1) is 0 Å². The first-order valence-corrected chi connectivity index (χ1v) is 7.11. The van der Waals surface area contributed by atoms with Crippen molar-refractivity contribution in [1.29, 1.82) is 0 Å². The van der Waals surface area contributed by atoms with Crippen LogP contribution in [0.15, 0.2) is 0 Å². The SMILES string of the molecule is O=C(C1CNCCN1)N1CCCC2CCCC21. The molecule has 2 N–H and O–H groups in total. The topological polar surface area (TPSA) is 44.4 Å². The molecule has 3 fully saturated rings. The predicted molar refractivity (Wildman–Crippen MR) is 66.7 cm³/mol. The van der Waals surface area contributed by atoms with E-state index in [1.165, 1.54) is 32.1 Å². The van der Waals surface area contributed by atoms with Gasteiger partial charge in [-0.25, -0.2) is 0 Å². The Labute approximate surface area is 103 Å². The number of hydrogen-bond donors (Lipinski definition) is 2. The fourth-order valence-electron chi connectivity index (χ4n) is 3.76. The molecular formula is C13H23N3O. The lowest BCUT2D eigenvalue weighted by molar-refractivity contribution is -0.138. The third kappa shape index (κ3) is 2.20. The fourth-order valence-corrected chi connectivity index (χ4v) is 3.76. The van der Waals surface area contributed by atoms with Crippen molar-refractivity contribution in [3.05, 3.63) is 0 Å². The highest BCUT2D eigenvalue weighted by atomic mass is 16.2. The molecule has 0 radical (unpaired) electrons. The largest absolute Gasteiger partial charge is 0.338 e. The summed E-state index contributed by atoms with van der Waals surface area (Å²) in [6, 6.07) is 0.572. The lowest BCUT2D eigenvalue weighted by Gasteiger charge is -2.40. The molecule has 96 valence electrons. The van der Waals surface area contributed by atoms with E-state index in [0.29, 0.717) is 11.9 Å². The summed E-state index contributed by atoms with van der Waals surface area (Å²) in [6.45, 7) is 3.68. The number of piperazine rings is 1. The van der Waals surface area contributed by atoms with Crippen molar-refractivity contribution >= 4 is 5.91 Å². The highest BCUT2D eigenvalue weighted by Crippen LogP contribution is 2.36. The van der Waals surface area contributed by atoms with E-state index in [-0.39, 0.29) is 6.04 Å². The van der Waals surface area contributed by atoms with Crippen molar-refractivity contribution in [2.45, 2.75) is 44.2 Å². The molecule has 1 saturated carbocycles. The molecular weight excluding hydrogens is 214 g/mol. The second-order valence-electron chi connectivity index (χ2n) is 5.64. The van der Waals surface area contributed by atoms with Crippen LogP contribution in [0.25, 0.3) is 0 Å². The zero-order valence-electron chi connectivity index (χ0n) is 10.5. The van der Waals surface area contributed by atoms with Crippen LogP contribution in [-0.2, 0) is 4.79 Å². The Morgan fingerprint density at radius 3 is 2.82 bits per heavy atom. The summed E-state index contributed by atoms with van der Waals surface area (Å²) in [5.74, 6) is 1.14. The summed E-state index contributed by atoms with van der Waals surface area (Å²) in [7, 11) is 0. The van der Waals surface area contributed by atoms with Crippen LogP contribution in [0.2, 0.25) is 0 Å². The number of nitrogens with zero attached hydrogens (tertiary/aromatic N) is 1. The van der Waals surface area contributed by atoms with Crippen LogP contribution in [0.4, 0.5) is 0 Å². The summed E-state index contributed by atoms with van der Waals surface area (Å²) in [4.78, 5) is 14.7. The Morgan fingerprint density at radius 1 is 1.12 bits per heavy atom. The van der Waals surface area contributed by atoms with Crippen molar-refractivity contribution in [3.63, 3.8) is 0 Å². The first kappa shape index (κ1) is 11.5. The third-order valence-electron chi connectivity index (χ3n) is 4.62. The first-order valence-electron chi connectivity index (χ1n) is 7.11. The predicted octanol–water partition coefficient (Wildman–Crippen LogP) is 0.339. The van der Waals surface area contributed by atoms with Gasteiger partial charge < -0.3 is 15.5 Å². The molecule has 1 amide bonds. The van der Waals surface area contributed by atoms with Gasteiger partial charge >= 0.3 is 0 Å². The minimum absolute atomic E-state index is 0.0168. The third-order valence-corrected chi connectivity index (χ3v) is 4.62. The van der Waals surface area contributed by atoms with Gasteiger partial charge in [0, 0.05) is 32.2 Å². The van der Waals surface area contributed by atoms with E-state index in [0.717, 1.165) is 32.1 Å². The lowest BCUT2D eigenvalue weighted by atomic mass is 9.91. The molecule has 1 aliphatic carbocycles. The average Bonchev–Trinajstić information content (AvgIpc) is 2.87. The quantitative estimate of drug-likeness (QED) is 0.691. The maximum absolute atomic E-state index is 12.5. The molecule has 0 aromatic carbocycles. The Hall–Kier alpha value is -0.610. The standard InChI is InChI=1S/C13H23N3O/c17-13(11-9-14-6-7-15-11)16-8-2-4-10-3-1-5-12(10)16/h10-12,14-15H,1-9H2. The average molecular weight is 237 g/mol. The van der Waals surface area contributed by atoms with Crippen LogP contribution in [0.3, 0.4) is 0 Å². The van der Waals surface area contributed by atoms with Crippen LogP contribution in [-0.4, -0.2) is 49.1 Å². The van der Waals surface area contributed by atoms with E-state index in [2.05, 4.69) is 15.5 Å². The molecule has 2 heterocycles. The molecule has 0 bridgehead atoms. The van der Waals surface area contributed by atoms with E-state index in [4.69, 9.17) is 0 Å². The molecule has 17 heavy (non-hydrogen) atoms. The number of carbonyl (C=O) groups excluding carboxylic acids is 1. The van der Waals surface area contributed by atoms with Crippen LogP contribution in [0.1, 0.15) is 32.1 Å². The van der Waals surface area contributed by atoms with Gasteiger partial charge in [0.15, 0.2) is 0 Å². The molecule has 4 heteroatoms. The Morgan fingerprint density at radius 2 is 2.00 bits per heavy atom. The molecule has 3 aliphatic rings. The number of rotatable bonds is 1. The van der Waals surface area contributed by atoms with E-state index in [1.54, 1.807) is 0 Å². The van der Waals surface area contributed by atoms with Gasteiger partial charge in [0.1, 0.15) is 0 Å². The molecule has 3 unspecified atom stereocenters. The van der Waals surface area contributed by atoms with Gasteiger partial charge in [0.05, 0.1) is 6.04 Å². The van der Waals surface area contributed by atoms with Crippen LogP contribution < -0.4 is 10.6 Å². The zero-order chi connectivity index (χ0) is 11.7. The second-order valence-corrected chi connectivity index (χ2v) is 5.64. The first-order chi connectivity index (χ1) is 8.36. The van der Waals surface area contributed by atoms with Gasteiger partial charge in [-0.3, -0.25) is 4.79 Å². The molecule has 3 atom stereocenters. The van der Waals surface area contributed by atoms with E-state index < -0.39 is 0 Å². The van der Waals surface area contributed by atoms with Crippen molar-refractivity contribution in [2.24, 2.45) is 5.92 Å². The molecule has 0 aromatic rings. The monoisotopic (exact) mass is 237 g/mol. The number of piperidine rings is 1. The van der Waals surface area contributed by atoms with Gasteiger partial charge in [0.2, 0.25) is 5.91 Å². The van der Waals surface area contributed by atoms with Crippen LogP contribution in [0, 0.1) is 5.92 Å². The van der Waals surface area contributed by atoms with Gasteiger partial charge in [-0.05, 0) is 31.6 Å². The van der Waals surface area contributed by atoms with Gasteiger partial charge in [-0.2, -0.15) is 0 Å². The summed E-state index contributed by atoms with van der Waals surface area (Å²) < 4.78 is 0. The minimum atomic E-state index is 0.0168. The molecule has 0 aromatic heterocycles. The van der Waals surface area contributed by atoms with E-state index >= 15 is 0 Å². The van der Waals surface area contributed by atoms with Crippen LogP contribution in [0.5, 0.6) is 0 Å². The van der Waals surface area contributed by atoms with E-state index in [9.17, 15) is 4.79 Å². The van der Waals surface area contributed by atoms with Crippen molar-refractivity contribution in [3.8, 4) is 0 Å². The summed E-state index contributed by atoms with van der Waals surface area (Å²) in [6.07, 6.45) is 6.43. The smallest absolute Gasteiger partial charge is 0.241 e. The van der Waals surface area contributed by atoms with Crippen molar-refractivity contribution in [1.82, 2.24) is 15.5 Å². The number of likely N-dealkylation sites (tertiary alicyclic amines) is 1. The lowest BCUT2D eigenvalue weighted by Crippen LogP contribution is -2.59. The maximum atomic E-state index is 12.5. The highest BCUT2D eigenvalue weighted by Gasteiger charge is 2.39. The Bertz CT molecular complexity index is 288. The number of hydrogen-bond acceptors (Lipinski definition) is 3. The number of fused-ring (bicyclic) bond motifs is 1. The Balaban J connectivity index is 1.67. The fraction of sp³-hybridized carbons (Fsp3) is 0.923. The van der Waals surface area contributed by atoms with Crippen LogP contribution >= 0.6 is 0 Å². The maximum Gasteiger partial charge on any atom is 0.241 e. The molecule has 0 spiro atoms. The molecule has 2 saturated heterocycles.